The zero-order chi connectivity index (χ0) is 13.5. The highest BCUT2D eigenvalue weighted by Crippen LogP contribution is 2.17. The Kier molecular flexibility index (Phi) is 5.63. The lowest BCUT2D eigenvalue weighted by Gasteiger charge is -2.19. The Hall–Kier alpha value is -1.10. The molecule has 2 aromatic rings. The summed E-state index contributed by atoms with van der Waals surface area (Å²) in [5.74, 6) is 1.08. The van der Waals surface area contributed by atoms with Gasteiger partial charge in [-0.15, -0.1) is 11.3 Å². The van der Waals surface area contributed by atoms with E-state index in [9.17, 15) is 0 Å². The minimum absolute atomic E-state index is 0.877. The maximum absolute atomic E-state index is 5.63. The molecule has 2 heterocycles. The van der Waals surface area contributed by atoms with Crippen LogP contribution in [-0.4, -0.2) is 18.0 Å². The summed E-state index contributed by atoms with van der Waals surface area (Å²) in [6.45, 7) is 9.09. The van der Waals surface area contributed by atoms with E-state index in [-0.39, 0.29) is 0 Å². The van der Waals surface area contributed by atoms with E-state index in [1.165, 1.54) is 10.4 Å². The van der Waals surface area contributed by atoms with Gasteiger partial charge in [-0.1, -0.05) is 19.9 Å². The van der Waals surface area contributed by atoms with Crippen molar-refractivity contribution in [1.29, 1.82) is 0 Å². The first kappa shape index (κ1) is 14.3. The van der Waals surface area contributed by atoms with Crippen molar-refractivity contribution in [2.45, 2.75) is 33.5 Å². The molecule has 0 aromatic carbocycles. The molecule has 0 aliphatic carbocycles. The van der Waals surface area contributed by atoms with E-state index in [4.69, 9.17) is 4.42 Å². The summed E-state index contributed by atoms with van der Waals surface area (Å²) in [5, 5.41) is 5.48. The van der Waals surface area contributed by atoms with E-state index in [1.807, 2.05) is 11.3 Å². The van der Waals surface area contributed by atoms with Gasteiger partial charge in [0.15, 0.2) is 0 Å². The molecular formula is C15H22N2OS. The number of hydrogen-bond donors (Lipinski definition) is 1. The van der Waals surface area contributed by atoms with Crippen LogP contribution >= 0.6 is 11.3 Å². The van der Waals surface area contributed by atoms with Crippen LogP contribution in [0.3, 0.4) is 0 Å². The quantitative estimate of drug-likeness (QED) is 0.801. The van der Waals surface area contributed by atoms with Crippen LogP contribution in [0.5, 0.6) is 0 Å². The Labute approximate surface area is 119 Å². The lowest BCUT2D eigenvalue weighted by molar-refractivity contribution is 0.248. The first-order valence-electron chi connectivity index (χ1n) is 6.84. The SMILES string of the molecule is CCNCc1ccoc1CN(CC)Cc1cccs1. The van der Waals surface area contributed by atoms with Crippen LogP contribution in [0.15, 0.2) is 34.3 Å². The molecule has 0 atom stereocenters. The summed E-state index contributed by atoms with van der Waals surface area (Å²) in [6, 6.07) is 6.36. The Morgan fingerprint density at radius 2 is 2.16 bits per heavy atom. The predicted molar refractivity (Wildman–Crippen MR) is 80.2 cm³/mol. The summed E-state index contributed by atoms with van der Waals surface area (Å²) in [6.07, 6.45) is 1.79. The maximum atomic E-state index is 5.63. The number of hydrogen-bond acceptors (Lipinski definition) is 4. The predicted octanol–water partition coefficient (Wildman–Crippen LogP) is 3.47. The third-order valence-electron chi connectivity index (χ3n) is 3.18. The van der Waals surface area contributed by atoms with Crippen molar-refractivity contribution in [1.82, 2.24) is 10.2 Å². The van der Waals surface area contributed by atoms with Crippen LogP contribution in [0.2, 0.25) is 0 Å². The van der Waals surface area contributed by atoms with Crippen LogP contribution in [0, 0.1) is 0 Å². The van der Waals surface area contributed by atoms with E-state index in [2.05, 4.69) is 47.6 Å². The van der Waals surface area contributed by atoms with Gasteiger partial charge in [-0.2, -0.15) is 0 Å². The molecule has 104 valence electrons. The molecule has 0 saturated carbocycles. The van der Waals surface area contributed by atoms with Crippen molar-refractivity contribution < 1.29 is 4.42 Å². The lowest BCUT2D eigenvalue weighted by Crippen LogP contribution is -2.22. The number of nitrogens with one attached hydrogen (secondary N) is 1. The largest absolute Gasteiger partial charge is 0.468 e. The molecule has 1 N–H and O–H groups in total. The highest BCUT2D eigenvalue weighted by atomic mass is 32.1. The summed E-state index contributed by atoms with van der Waals surface area (Å²) in [7, 11) is 0. The third-order valence-corrected chi connectivity index (χ3v) is 4.04. The summed E-state index contributed by atoms with van der Waals surface area (Å²) >= 11 is 1.81. The van der Waals surface area contributed by atoms with Gasteiger partial charge < -0.3 is 9.73 Å². The maximum Gasteiger partial charge on any atom is 0.122 e. The van der Waals surface area contributed by atoms with Gasteiger partial charge in [-0.25, -0.2) is 0 Å². The molecule has 0 aliphatic rings. The van der Waals surface area contributed by atoms with Crippen molar-refractivity contribution in [2.24, 2.45) is 0 Å². The Balaban J connectivity index is 1.96. The van der Waals surface area contributed by atoms with Gasteiger partial charge in [-0.3, -0.25) is 4.90 Å². The Bertz CT molecular complexity index is 464. The van der Waals surface area contributed by atoms with Crippen molar-refractivity contribution >= 4 is 11.3 Å². The first-order chi connectivity index (χ1) is 9.33. The van der Waals surface area contributed by atoms with Gasteiger partial charge in [0.05, 0.1) is 12.8 Å². The fraction of sp³-hybridized carbons (Fsp3) is 0.467. The molecular weight excluding hydrogens is 256 g/mol. The number of furan rings is 1. The van der Waals surface area contributed by atoms with E-state index in [1.54, 1.807) is 6.26 Å². The van der Waals surface area contributed by atoms with E-state index in [0.29, 0.717) is 0 Å². The Morgan fingerprint density at radius 1 is 1.26 bits per heavy atom. The average Bonchev–Trinajstić information content (AvgIpc) is 3.07. The van der Waals surface area contributed by atoms with Crippen molar-refractivity contribution in [3.8, 4) is 0 Å². The zero-order valence-electron chi connectivity index (χ0n) is 11.7. The average molecular weight is 278 g/mol. The molecule has 0 radical (unpaired) electrons. The van der Waals surface area contributed by atoms with Crippen molar-refractivity contribution in [3.63, 3.8) is 0 Å². The first-order valence-corrected chi connectivity index (χ1v) is 7.72. The molecule has 0 spiro atoms. The fourth-order valence-electron chi connectivity index (χ4n) is 2.03. The van der Waals surface area contributed by atoms with Gasteiger partial charge in [0.25, 0.3) is 0 Å². The second-order valence-electron chi connectivity index (χ2n) is 4.53. The monoisotopic (exact) mass is 278 g/mol. The van der Waals surface area contributed by atoms with Crippen LogP contribution in [0.1, 0.15) is 30.0 Å². The Morgan fingerprint density at radius 3 is 2.84 bits per heavy atom. The van der Waals surface area contributed by atoms with Crippen LogP contribution in [0.25, 0.3) is 0 Å². The third kappa shape index (κ3) is 4.20. The van der Waals surface area contributed by atoms with Gasteiger partial charge >= 0.3 is 0 Å². The van der Waals surface area contributed by atoms with Crippen LogP contribution in [-0.2, 0) is 19.6 Å². The van der Waals surface area contributed by atoms with E-state index < -0.39 is 0 Å². The molecule has 0 bridgehead atoms. The molecule has 19 heavy (non-hydrogen) atoms. The molecule has 0 fully saturated rings. The minimum Gasteiger partial charge on any atom is -0.468 e. The molecule has 0 saturated heterocycles. The summed E-state index contributed by atoms with van der Waals surface area (Å²) in [5.41, 5.74) is 1.27. The van der Waals surface area contributed by atoms with Crippen LogP contribution in [0.4, 0.5) is 0 Å². The smallest absolute Gasteiger partial charge is 0.122 e. The molecule has 0 aliphatic heterocycles. The topological polar surface area (TPSA) is 28.4 Å². The number of nitrogens with zero attached hydrogens (tertiary/aromatic N) is 1. The number of rotatable bonds is 8. The lowest BCUT2D eigenvalue weighted by atomic mass is 10.2. The highest BCUT2D eigenvalue weighted by molar-refractivity contribution is 7.09. The van der Waals surface area contributed by atoms with Gasteiger partial charge in [0, 0.05) is 23.5 Å². The zero-order valence-corrected chi connectivity index (χ0v) is 12.5. The number of thiophene rings is 1. The fourth-order valence-corrected chi connectivity index (χ4v) is 2.77. The second-order valence-corrected chi connectivity index (χ2v) is 5.56. The molecule has 4 heteroatoms. The van der Waals surface area contributed by atoms with Crippen molar-refractivity contribution in [2.75, 3.05) is 13.1 Å². The molecule has 2 rings (SSSR count). The van der Waals surface area contributed by atoms with Gasteiger partial charge in [0.2, 0.25) is 0 Å². The van der Waals surface area contributed by atoms with E-state index >= 15 is 0 Å². The molecule has 0 amide bonds. The highest BCUT2D eigenvalue weighted by Gasteiger charge is 2.11. The molecule has 3 nitrogen and oxygen atoms in total. The van der Waals surface area contributed by atoms with E-state index in [0.717, 1.165) is 38.5 Å². The van der Waals surface area contributed by atoms with Crippen LogP contribution < -0.4 is 5.32 Å². The van der Waals surface area contributed by atoms with Crippen molar-refractivity contribution in [3.05, 3.63) is 46.0 Å². The minimum atomic E-state index is 0.877. The second kappa shape index (κ2) is 7.48. The normalized spacial score (nSPS) is 11.3. The van der Waals surface area contributed by atoms with Gasteiger partial charge in [-0.05, 0) is 30.6 Å². The molecule has 0 unspecified atom stereocenters. The van der Waals surface area contributed by atoms with Gasteiger partial charge in [0.1, 0.15) is 5.76 Å². The summed E-state index contributed by atoms with van der Waals surface area (Å²) in [4.78, 5) is 3.81. The summed E-state index contributed by atoms with van der Waals surface area (Å²) < 4.78 is 5.63. The standard InChI is InChI=1S/C15H22N2OS/c1-3-16-10-13-7-8-18-15(13)12-17(4-2)11-14-6-5-9-19-14/h5-9,16H,3-4,10-12H2,1-2H3. The molecule has 2 aromatic heterocycles.